The number of hydrogen-bond donors (Lipinski definition) is 1. The van der Waals surface area contributed by atoms with E-state index in [1.807, 2.05) is 43.3 Å². The van der Waals surface area contributed by atoms with Crippen LogP contribution in [-0.2, 0) is 12.6 Å². The Hall–Kier alpha value is -2.23. The monoisotopic (exact) mass is 317 g/mol. The third-order valence-electron chi connectivity index (χ3n) is 4.28. The van der Waals surface area contributed by atoms with E-state index in [-0.39, 0.29) is 11.6 Å². The Balaban J connectivity index is 2.10. The SMILES string of the molecule is C=C1c2cc(Cc3ccccc3)cc(C(F)(F)F)c2NCC1C. The molecule has 0 saturated heterocycles. The molecule has 2 aromatic carbocycles. The Morgan fingerprint density at radius 1 is 1.13 bits per heavy atom. The maximum Gasteiger partial charge on any atom is 0.418 e. The largest absolute Gasteiger partial charge is 0.418 e. The summed E-state index contributed by atoms with van der Waals surface area (Å²) >= 11 is 0. The Labute approximate surface area is 133 Å². The van der Waals surface area contributed by atoms with Crippen LogP contribution >= 0.6 is 0 Å². The molecule has 3 rings (SSSR count). The fourth-order valence-corrected chi connectivity index (χ4v) is 2.95. The minimum atomic E-state index is -4.38. The summed E-state index contributed by atoms with van der Waals surface area (Å²) in [5.41, 5.74) is 2.55. The first-order valence-electron chi connectivity index (χ1n) is 7.57. The Bertz CT molecular complexity index is 732. The lowest BCUT2D eigenvalue weighted by molar-refractivity contribution is -0.137. The van der Waals surface area contributed by atoms with Gasteiger partial charge in [0.25, 0.3) is 0 Å². The summed E-state index contributed by atoms with van der Waals surface area (Å²) in [6.07, 6.45) is -3.91. The van der Waals surface area contributed by atoms with E-state index < -0.39 is 11.7 Å². The van der Waals surface area contributed by atoms with Crippen LogP contribution in [0.2, 0.25) is 0 Å². The van der Waals surface area contributed by atoms with E-state index in [0.717, 1.165) is 11.1 Å². The molecule has 0 aliphatic carbocycles. The van der Waals surface area contributed by atoms with E-state index >= 15 is 0 Å². The van der Waals surface area contributed by atoms with Gasteiger partial charge in [0.05, 0.1) is 11.3 Å². The lowest BCUT2D eigenvalue weighted by Crippen LogP contribution is -2.23. The van der Waals surface area contributed by atoms with Crippen LogP contribution in [0.3, 0.4) is 0 Å². The molecule has 0 saturated carbocycles. The molecular formula is C19H18F3N. The predicted octanol–water partition coefficient (Wildman–Crippen LogP) is 5.37. The zero-order valence-corrected chi connectivity index (χ0v) is 12.9. The number of nitrogens with one attached hydrogen (secondary N) is 1. The summed E-state index contributed by atoms with van der Waals surface area (Å²) < 4.78 is 40.3. The summed E-state index contributed by atoms with van der Waals surface area (Å²) in [6.45, 7) is 6.45. The van der Waals surface area contributed by atoms with Crippen LogP contribution in [0.15, 0.2) is 49.0 Å². The van der Waals surface area contributed by atoms with Crippen molar-refractivity contribution in [1.29, 1.82) is 0 Å². The van der Waals surface area contributed by atoms with Crippen molar-refractivity contribution in [2.75, 3.05) is 11.9 Å². The molecule has 23 heavy (non-hydrogen) atoms. The third-order valence-corrected chi connectivity index (χ3v) is 4.28. The zero-order valence-electron chi connectivity index (χ0n) is 12.9. The van der Waals surface area contributed by atoms with Crippen molar-refractivity contribution in [3.63, 3.8) is 0 Å². The number of fused-ring (bicyclic) bond motifs is 1. The molecule has 1 nitrogen and oxygen atoms in total. The minimum absolute atomic E-state index is 0.121. The van der Waals surface area contributed by atoms with Crippen molar-refractivity contribution in [3.05, 3.63) is 71.3 Å². The van der Waals surface area contributed by atoms with Crippen molar-refractivity contribution in [2.45, 2.75) is 19.5 Å². The number of rotatable bonds is 2. The van der Waals surface area contributed by atoms with E-state index in [4.69, 9.17) is 0 Å². The smallest absolute Gasteiger partial charge is 0.383 e. The van der Waals surface area contributed by atoms with Crippen LogP contribution in [0, 0.1) is 5.92 Å². The number of benzene rings is 2. The highest BCUT2D eigenvalue weighted by Gasteiger charge is 2.37. The van der Waals surface area contributed by atoms with Crippen LogP contribution in [0.5, 0.6) is 0 Å². The minimum Gasteiger partial charge on any atom is -0.383 e. The molecular weight excluding hydrogens is 299 g/mol. The van der Waals surface area contributed by atoms with E-state index in [2.05, 4.69) is 11.9 Å². The van der Waals surface area contributed by atoms with E-state index in [0.29, 0.717) is 24.1 Å². The highest BCUT2D eigenvalue weighted by molar-refractivity contribution is 5.82. The molecule has 1 aliphatic heterocycles. The zero-order chi connectivity index (χ0) is 16.6. The highest BCUT2D eigenvalue weighted by Crippen LogP contribution is 2.43. The van der Waals surface area contributed by atoms with Crippen molar-refractivity contribution >= 4 is 11.3 Å². The Morgan fingerprint density at radius 3 is 2.48 bits per heavy atom. The van der Waals surface area contributed by atoms with Crippen molar-refractivity contribution in [2.24, 2.45) is 5.92 Å². The normalized spacial score (nSPS) is 17.6. The number of halogens is 3. The Morgan fingerprint density at radius 2 is 1.83 bits per heavy atom. The maximum absolute atomic E-state index is 13.4. The highest BCUT2D eigenvalue weighted by atomic mass is 19.4. The van der Waals surface area contributed by atoms with E-state index in [1.165, 1.54) is 6.07 Å². The van der Waals surface area contributed by atoms with Crippen LogP contribution in [0.4, 0.5) is 18.9 Å². The molecule has 120 valence electrons. The fraction of sp³-hybridized carbons (Fsp3) is 0.263. The van der Waals surface area contributed by atoms with Gasteiger partial charge in [0.15, 0.2) is 0 Å². The van der Waals surface area contributed by atoms with Crippen LogP contribution < -0.4 is 5.32 Å². The van der Waals surface area contributed by atoms with E-state index in [1.54, 1.807) is 0 Å². The summed E-state index contributed by atoms with van der Waals surface area (Å²) in [7, 11) is 0. The molecule has 1 atom stereocenters. The van der Waals surface area contributed by atoms with Gasteiger partial charge < -0.3 is 5.32 Å². The second-order valence-electron chi connectivity index (χ2n) is 6.03. The summed E-state index contributed by atoms with van der Waals surface area (Å²) in [5.74, 6) is 0.121. The molecule has 0 radical (unpaired) electrons. The van der Waals surface area contributed by atoms with Gasteiger partial charge >= 0.3 is 6.18 Å². The molecule has 2 aromatic rings. The van der Waals surface area contributed by atoms with Crippen molar-refractivity contribution in [1.82, 2.24) is 0 Å². The third kappa shape index (κ3) is 3.11. The van der Waals surface area contributed by atoms with Gasteiger partial charge in [-0.2, -0.15) is 13.2 Å². The average molecular weight is 317 g/mol. The van der Waals surface area contributed by atoms with Crippen LogP contribution in [-0.4, -0.2) is 6.54 Å². The Kier molecular flexibility index (Phi) is 3.92. The number of anilines is 1. The molecule has 0 aromatic heterocycles. The molecule has 1 unspecified atom stereocenters. The number of hydrogen-bond acceptors (Lipinski definition) is 1. The average Bonchev–Trinajstić information content (AvgIpc) is 2.51. The number of alkyl halides is 3. The molecule has 1 heterocycles. The predicted molar refractivity (Wildman–Crippen MR) is 87.4 cm³/mol. The second kappa shape index (κ2) is 5.76. The molecule has 1 N–H and O–H groups in total. The van der Waals surface area contributed by atoms with Gasteiger partial charge in [-0.05, 0) is 41.2 Å². The lowest BCUT2D eigenvalue weighted by atomic mass is 9.86. The van der Waals surface area contributed by atoms with Crippen molar-refractivity contribution < 1.29 is 13.2 Å². The fourth-order valence-electron chi connectivity index (χ4n) is 2.95. The van der Waals surface area contributed by atoms with Gasteiger partial charge in [-0.3, -0.25) is 0 Å². The standard InChI is InChI=1S/C19H18F3N/c1-12-11-23-18-16(13(12)2)9-15(10-17(18)19(20,21)22)8-14-6-4-3-5-7-14/h3-7,9-10,12,23H,2,8,11H2,1H3. The van der Waals surface area contributed by atoms with Gasteiger partial charge in [-0.25, -0.2) is 0 Å². The molecule has 1 aliphatic rings. The summed E-state index contributed by atoms with van der Waals surface area (Å²) in [5, 5.41) is 2.93. The maximum atomic E-state index is 13.4. The van der Waals surface area contributed by atoms with Gasteiger partial charge in [0, 0.05) is 12.1 Å². The second-order valence-corrected chi connectivity index (χ2v) is 6.03. The van der Waals surface area contributed by atoms with Gasteiger partial charge in [0.2, 0.25) is 0 Å². The first-order chi connectivity index (χ1) is 10.9. The molecule has 0 spiro atoms. The van der Waals surface area contributed by atoms with Gasteiger partial charge in [0.1, 0.15) is 0 Å². The summed E-state index contributed by atoms with van der Waals surface area (Å²) in [6, 6.07) is 12.6. The quantitative estimate of drug-likeness (QED) is 0.785. The molecule has 0 fully saturated rings. The topological polar surface area (TPSA) is 12.0 Å². The molecule has 0 amide bonds. The summed E-state index contributed by atoms with van der Waals surface area (Å²) in [4.78, 5) is 0. The van der Waals surface area contributed by atoms with Crippen LogP contribution in [0.1, 0.15) is 29.2 Å². The molecule has 0 bridgehead atoms. The lowest BCUT2D eigenvalue weighted by Gasteiger charge is -2.29. The van der Waals surface area contributed by atoms with Crippen LogP contribution in [0.25, 0.3) is 5.57 Å². The first kappa shape index (κ1) is 15.7. The molecule has 4 heteroatoms. The van der Waals surface area contributed by atoms with Gasteiger partial charge in [-0.15, -0.1) is 0 Å². The first-order valence-corrected chi connectivity index (χ1v) is 7.57. The van der Waals surface area contributed by atoms with E-state index in [9.17, 15) is 13.2 Å². The van der Waals surface area contributed by atoms with Gasteiger partial charge in [-0.1, -0.05) is 43.8 Å². The van der Waals surface area contributed by atoms with Crippen molar-refractivity contribution in [3.8, 4) is 0 Å².